The van der Waals surface area contributed by atoms with Gasteiger partial charge >= 0.3 is 0 Å². The monoisotopic (exact) mass is 488 g/mol. The molecule has 1 N–H and O–H groups in total. The van der Waals surface area contributed by atoms with Crippen LogP contribution in [0.4, 0.5) is 0 Å². The van der Waals surface area contributed by atoms with E-state index >= 15 is 0 Å². The van der Waals surface area contributed by atoms with Gasteiger partial charge in [-0.1, -0.05) is 68.4 Å². The van der Waals surface area contributed by atoms with Gasteiger partial charge in [0.15, 0.2) is 0 Å². The van der Waals surface area contributed by atoms with Gasteiger partial charge < -0.3 is 19.7 Å². The summed E-state index contributed by atoms with van der Waals surface area (Å²) in [6, 6.07) is 24.2. The van der Waals surface area contributed by atoms with Crippen LogP contribution in [0, 0.1) is 5.92 Å². The van der Waals surface area contributed by atoms with E-state index in [0.29, 0.717) is 31.2 Å². The minimum atomic E-state index is -0.664. The first-order valence-electron chi connectivity index (χ1n) is 12.3. The van der Waals surface area contributed by atoms with Crippen molar-refractivity contribution < 1.29 is 19.1 Å². The van der Waals surface area contributed by atoms with Gasteiger partial charge in [0, 0.05) is 19.5 Å². The first-order chi connectivity index (χ1) is 17.4. The molecule has 0 aliphatic heterocycles. The molecule has 0 saturated carbocycles. The number of nitrogens with one attached hydrogen (secondary N) is 1. The number of rotatable bonds is 12. The number of benzene rings is 3. The van der Waals surface area contributed by atoms with Gasteiger partial charge in [0.05, 0.1) is 20.6 Å². The van der Waals surface area contributed by atoms with E-state index in [1.807, 2.05) is 78.9 Å². The van der Waals surface area contributed by atoms with E-state index < -0.39 is 6.04 Å². The van der Waals surface area contributed by atoms with Crippen molar-refractivity contribution in [2.75, 3.05) is 20.8 Å². The van der Waals surface area contributed by atoms with Gasteiger partial charge in [-0.15, -0.1) is 0 Å². The average molecular weight is 489 g/mol. The summed E-state index contributed by atoms with van der Waals surface area (Å²) in [6.45, 7) is 4.94. The van der Waals surface area contributed by atoms with Crippen LogP contribution in [0.2, 0.25) is 0 Å². The summed E-state index contributed by atoms with van der Waals surface area (Å²) in [7, 11) is 3.23. The number of amides is 2. The van der Waals surface area contributed by atoms with E-state index in [1.54, 1.807) is 19.1 Å². The molecule has 36 heavy (non-hydrogen) atoms. The molecule has 0 heterocycles. The Bertz CT molecular complexity index is 1110. The summed E-state index contributed by atoms with van der Waals surface area (Å²) < 4.78 is 10.6. The van der Waals surface area contributed by atoms with Gasteiger partial charge in [0.1, 0.15) is 17.5 Å². The highest BCUT2D eigenvalue weighted by Crippen LogP contribution is 2.20. The lowest BCUT2D eigenvalue weighted by molar-refractivity contribution is -0.140. The Kier molecular flexibility index (Phi) is 9.92. The molecule has 2 amide bonds. The molecule has 1 atom stereocenters. The molecule has 0 unspecified atom stereocenters. The van der Waals surface area contributed by atoms with E-state index in [2.05, 4.69) is 19.2 Å². The minimum Gasteiger partial charge on any atom is -0.497 e. The van der Waals surface area contributed by atoms with Crippen molar-refractivity contribution in [2.24, 2.45) is 5.92 Å². The Morgan fingerprint density at radius 1 is 0.806 bits per heavy atom. The first-order valence-corrected chi connectivity index (χ1v) is 12.3. The van der Waals surface area contributed by atoms with E-state index in [1.165, 1.54) is 0 Å². The van der Waals surface area contributed by atoms with Crippen LogP contribution in [0.1, 0.15) is 30.5 Å². The van der Waals surface area contributed by atoms with Crippen molar-refractivity contribution in [1.82, 2.24) is 10.2 Å². The highest BCUT2D eigenvalue weighted by Gasteiger charge is 2.30. The van der Waals surface area contributed by atoms with Crippen molar-refractivity contribution >= 4 is 11.8 Å². The van der Waals surface area contributed by atoms with Crippen LogP contribution in [0.3, 0.4) is 0 Å². The quantitative estimate of drug-likeness (QED) is 0.403. The second kappa shape index (κ2) is 13.3. The number of methoxy groups -OCH3 is 2. The van der Waals surface area contributed by atoms with Gasteiger partial charge in [0.25, 0.3) is 0 Å². The number of hydrogen-bond donors (Lipinski definition) is 1. The standard InChI is InChI=1S/C30H36N2O4/c1-22(2)20-31-30(34)28(18-23-9-6-5-7-10-23)32(21-25-11-8-12-27(17-25)36-4)29(33)19-24-13-15-26(35-3)16-14-24/h5-17,22,28H,18-21H2,1-4H3,(H,31,34)/t28-/m0/s1. The second-order valence-electron chi connectivity index (χ2n) is 9.24. The van der Waals surface area contributed by atoms with Crippen LogP contribution >= 0.6 is 0 Å². The van der Waals surface area contributed by atoms with Crippen molar-refractivity contribution in [3.8, 4) is 11.5 Å². The maximum atomic E-state index is 13.8. The predicted molar refractivity (Wildman–Crippen MR) is 142 cm³/mol. The summed E-state index contributed by atoms with van der Waals surface area (Å²) in [4.78, 5) is 29.0. The molecule has 0 aliphatic carbocycles. The molecule has 0 aliphatic rings. The number of carbonyl (C=O) groups excluding carboxylic acids is 2. The maximum Gasteiger partial charge on any atom is 0.243 e. The molecule has 6 heteroatoms. The van der Waals surface area contributed by atoms with E-state index in [-0.39, 0.29) is 18.2 Å². The Morgan fingerprint density at radius 3 is 2.11 bits per heavy atom. The fourth-order valence-corrected chi connectivity index (χ4v) is 3.96. The summed E-state index contributed by atoms with van der Waals surface area (Å²) in [5, 5.41) is 3.05. The average Bonchev–Trinajstić information content (AvgIpc) is 2.90. The van der Waals surface area contributed by atoms with Gasteiger partial charge in [-0.3, -0.25) is 9.59 Å². The molecule has 0 spiro atoms. The van der Waals surface area contributed by atoms with Crippen LogP contribution < -0.4 is 14.8 Å². The molecule has 0 bridgehead atoms. The lowest BCUT2D eigenvalue weighted by Crippen LogP contribution is -2.51. The topological polar surface area (TPSA) is 67.9 Å². The fraction of sp³-hybridized carbons (Fsp3) is 0.333. The van der Waals surface area contributed by atoms with Gasteiger partial charge in [-0.25, -0.2) is 0 Å². The largest absolute Gasteiger partial charge is 0.497 e. The lowest BCUT2D eigenvalue weighted by Gasteiger charge is -2.32. The van der Waals surface area contributed by atoms with Crippen molar-refractivity contribution in [3.63, 3.8) is 0 Å². The lowest BCUT2D eigenvalue weighted by atomic mass is 10.0. The van der Waals surface area contributed by atoms with Crippen LogP contribution in [0.25, 0.3) is 0 Å². The molecule has 190 valence electrons. The summed E-state index contributed by atoms with van der Waals surface area (Å²) in [5.41, 5.74) is 2.75. The summed E-state index contributed by atoms with van der Waals surface area (Å²) in [6.07, 6.45) is 0.597. The fourth-order valence-electron chi connectivity index (χ4n) is 3.96. The molecule has 0 aromatic heterocycles. The number of hydrogen-bond acceptors (Lipinski definition) is 4. The van der Waals surface area contributed by atoms with Crippen molar-refractivity contribution in [2.45, 2.75) is 39.3 Å². The molecule has 6 nitrogen and oxygen atoms in total. The highest BCUT2D eigenvalue weighted by atomic mass is 16.5. The van der Waals surface area contributed by atoms with Gasteiger partial charge in [-0.2, -0.15) is 0 Å². The Hall–Kier alpha value is -3.80. The first kappa shape index (κ1) is 26.8. The zero-order valence-corrected chi connectivity index (χ0v) is 21.6. The van der Waals surface area contributed by atoms with Crippen molar-refractivity contribution in [3.05, 3.63) is 95.6 Å². The molecular formula is C30H36N2O4. The van der Waals surface area contributed by atoms with Crippen LogP contribution in [-0.4, -0.2) is 43.5 Å². The minimum absolute atomic E-state index is 0.122. The normalized spacial score (nSPS) is 11.6. The summed E-state index contributed by atoms with van der Waals surface area (Å²) in [5.74, 6) is 1.46. The maximum absolute atomic E-state index is 13.8. The molecular weight excluding hydrogens is 452 g/mol. The molecule has 0 radical (unpaired) electrons. The smallest absolute Gasteiger partial charge is 0.243 e. The Labute approximate surface area is 214 Å². The van der Waals surface area contributed by atoms with Gasteiger partial charge in [-0.05, 0) is 46.9 Å². The van der Waals surface area contributed by atoms with E-state index in [4.69, 9.17) is 9.47 Å². The number of carbonyl (C=O) groups is 2. The molecule has 3 rings (SSSR count). The number of ether oxygens (including phenoxy) is 2. The third-order valence-corrected chi connectivity index (χ3v) is 5.96. The van der Waals surface area contributed by atoms with E-state index in [9.17, 15) is 9.59 Å². The zero-order chi connectivity index (χ0) is 25.9. The van der Waals surface area contributed by atoms with Crippen LogP contribution in [-0.2, 0) is 29.0 Å². The third-order valence-electron chi connectivity index (χ3n) is 5.96. The SMILES string of the molecule is COc1ccc(CC(=O)N(Cc2cccc(OC)c2)[C@@H](Cc2ccccc2)C(=O)NCC(C)C)cc1. The van der Waals surface area contributed by atoms with Gasteiger partial charge in [0.2, 0.25) is 11.8 Å². The van der Waals surface area contributed by atoms with E-state index in [0.717, 1.165) is 22.4 Å². The second-order valence-corrected chi connectivity index (χ2v) is 9.24. The Morgan fingerprint density at radius 2 is 1.47 bits per heavy atom. The van der Waals surface area contributed by atoms with Crippen LogP contribution in [0.15, 0.2) is 78.9 Å². The molecule has 3 aromatic rings. The molecule has 0 fully saturated rings. The number of nitrogens with zero attached hydrogens (tertiary/aromatic N) is 1. The van der Waals surface area contributed by atoms with Crippen molar-refractivity contribution in [1.29, 1.82) is 0 Å². The Balaban J connectivity index is 1.95. The molecule has 0 saturated heterocycles. The summed E-state index contributed by atoms with van der Waals surface area (Å²) >= 11 is 0. The molecule has 3 aromatic carbocycles. The highest BCUT2D eigenvalue weighted by molar-refractivity contribution is 5.88. The third kappa shape index (κ3) is 7.87. The van der Waals surface area contributed by atoms with Crippen LogP contribution in [0.5, 0.6) is 11.5 Å². The predicted octanol–water partition coefficient (Wildman–Crippen LogP) is 4.66. The zero-order valence-electron chi connectivity index (χ0n) is 21.6.